The number of hydrogen-bond acceptors (Lipinski definition) is 2. The first-order valence-electron chi connectivity index (χ1n) is 5.34. The molecule has 1 amide bonds. The van der Waals surface area contributed by atoms with Crippen LogP contribution in [0.3, 0.4) is 0 Å². The lowest BCUT2D eigenvalue weighted by atomic mass is 9.99. The van der Waals surface area contributed by atoms with Gasteiger partial charge in [-0.05, 0) is 24.1 Å². The van der Waals surface area contributed by atoms with E-state index >= 15 is 0 Å². The van der Waals surface area contributed by atoms with Gasteiger partial charge in [0.2, 0.25) is 5.91 Å². The van der Waals surface area contributed by atoms with Crippen molar-refractivity contribution in [1.82, 2.24) is 0 Å². The molecule has 1 heterocycles. The van der Waals surface area contributed by atoms with Gasteiger partial charge in [-0.1, -0.05) is 13.8 Å². The van der Waals surface area contributed by atoms with Crippen LogP contribution in [0, 0.1) is 11.7 Å². The number of halogens is 1. The molecule has 0 spiro atoms. The number of amides is 1. The highest BCUT2D eigenvalue weighted by Gasteiger charge is 2.32. The Morgan fingerprint density at radius 1 is 1.44 bits per heavy atom. The Bertz CT molecular complexity index is 431. The van der Waals surface area contributed by atoms with Crippen molar-refractivity contribution < 1.29 is 9.18 Å². The maximum Gasteiger partial charge on any atom is 0.249 e. The van der Waals surface area contributed by atoms with Crippen LogP contribution in [0.15, 0.2) is 18.2 Å². The highest BCUT2D eigenvalue weighted by atomic mass is 19.1. The number of rotatable bonds is 1. The number of benzene rings is 1. The summed E-state index contributed by atoms with van der Waals surface area (Å²) >= 11 is 0. The topological polar surface area (TPSA) is 32.3 Å². The molecule has 1 unspecified atom stereocenters. The van der Waals surface area contributed by atoms with Crippen molar-refractivity contribution in [2.45, 2.75) is 19.9 Å². The molecule has 1 atom stereocenters. The Balaban J connectivity index is 2.44. The fourth-order valence-electron chi connectivity index (χ4n) is 1.92. The molecule has 1 N–H and O–H groups in total. The van der Waals surface area contributed by atoms with Crippen LogP contribution in [0.4, 0.5) is 15.8 Å². The van der Waals surface area contributed by atoms with Crippen LogP contribution in [-0.2, 0) is 4.79 Å². The van der Waals surface area contributed by atoms with Crippen molar-refractivity contribution in [2.24, 2.45) is 5.92 Å². The van der Waals surface area contributed by atoms with Gasteiger partial charge >= 0.3 is 0 Å². The van der Waals surface area contributed by atoms with E-state index < -0.39 is 0 Å². The summed E-state index contributed by atoms with van der Waals surface area (Å²) in [6.45, 7) is 3.93. The number of carbonyl (C=O) groups excluding carboxylic acids is 1. The SMILES string of the molecule is CC(C)C1Nc2cc(F)ccc2N(C)C1=O. The smallest absolute Gasteiger partial charge is 0.249 e. The van der Waals surface area contributed by atoms with Crippen molar-refractivity contribution in [1.29, 1.82) is 0 Å². The molecule has 86 valence electrons. The molecule has 3 nitrogen and oxygen atoms in total. The molecule has 0 aliphatic carbocycles. The summed E-state index contributed by atoms with van der Waals surface area (Å²) in [6.07, 6.45) is 0. The van der Waals surface area contributed by atoms with Crippen molar-refractivity contribution in [3.63, 3.8) is 0 Å². The minimum Gasteiger partial charge on any atom is -0.372 e. The third kappa shape index (κ3) is 1.64. The third-order valence-corrected chi connectivity index (χ3v) is 2.89. The van der Waals surface area contributed by atoms with E-state index in [0.717, 1.165) is 5.69 Å². The average Bonchev–Trinajstić information content (AvgIpc) is 2.22. The van der Waals surface area contributed by atoms with Crippen LogP contribution in [0.25, 0.3) is 0 Å². The number of hydrogen-bond donors (Lipinski definition) is 1. The fourth-order valence-corrected chi connectivity index (χ4v) is 1.92. The fraction of sp³-hybridized carbons (Fsp3) is 0.417. The first kappa shape index (κ1) is 10.9. The standard InChI is InChI=1S/C12H15FN2O/c1-7(2)11-12(16)15(3)10-5-4-8(13)6-9(10)14-11/h4-7,11,14H,1-3H3. The van der Waals surface area contributed by atoms with Crippen LogP contribution in [0.1, 0.15) is 13.8 Å². The second-order valence-corrected chi connectivity index (χ2v) is 4.42. The van der Waals surface area contributed by atoms with Crippen LogP contribution in [0.2, 0.25) is 0 Å². The van der Waals surface area contributed by atoms with Gasteiger partial charge in [-0.25, -0.2) is 4.39 Å². The van der Waals surface area contributed by atoms with Gasteiger partial charge in [0.25, 0.3) is 0 Å². The van der Waals surface area contributed by atoms with Crippen molar-refractivity contribution >= 4 is 17.3 Å². The summed E-state index contributed by atoms with van der Waals surface area (Å²) in [5.41, 5.74) is 1.41. The Labute approximate surface area is 94.3 Å². The molecular formula is C12H15FN2O. The van der Waals surface area contributed by atoms with Crippen LogP contribution in [0.5, 0.6) is 0 Å². The normalized spacial score (nSPS) is 19.7. The average molecular weight is 222 g/mol. The number of likely N-dealkylation sites (N-methyl/N-ethyl adjacent to an activating group) is 1. The lowest BCUT2D eigenvalue weighted by Gasteiger charge is -2.34. The van der Waals surface area contributed by atoms with Crippen LogP contribution in [-0.4, -0.2) is 19.0 Å². The highest BCUT2D eigenvalue weighted by molar-refractivity contribution is 6.04. The van der Waals surface area contributed by atoms with Gasteiger partial charge in [0.15, 0.2) is 0 Å². The minimum absolute atomic E-state index is 0.0223. The number of carbonyl (C=O) groups is 1. The van der Waals surface area contributed by atoms with E-state index in [9.17, 15) is 9.18 Å². The number of nitrogens with one attached hydrogen (secondary N) is 1. The molecule has 0 radical (unpaired) electrons. The zero-order valence-electron chi connectivity index (χ0n) is 9.62. The molecule has 0 saturated heterocycles. The first-order chi connectivity index (χ1) is 7.50. The number of fused-ring (bicyclic) bond motifs is 1. The molecule has 4 heteroatoms. The van der Waals surface area contributed by atoms with Gasteiger partial charge in [0, 0.05) is 7.05 Å². The molecule has 0 fully saturated rings. The van der Waals surface area contributed by atoms with Gasteiger partial charge in [-0.2, -0.15) is 0 Å². The molecular weight excluding hydrogens is 207 g/mol. The van der Waals surface area contributed by atoms with Gasteiger partial charge in [0.05, 0.1) is 11.4 Å². The van der Waals surface area contributed by atoms with Gasteiger partial charge in [0.1, 0.15) is 11.9 Å². The quantitative estimate of drug-likeness (QED) is 0.790. The van der Waals surface area contributed by atoms with E-state index in [1.54, 1.807) is 18.0 Å². The van der Waals surface area contributed by atoms with Gasteiger partial charge in [-0.15, -0.1) is 0 Å². The van der Waals surface area contributed by atoms with Crippen molar-refractivity contribution in [3.8, 4) is 0 Å². The number of anilines is 2. The maximum atomic E-state index is 13.1. The molecule has 0 aromatic heterocycles. The Kier molecular flexibility index (Phi) is 2.58. The van der Waals surface area contributed by atoms with E-state index in [0.29, 0.717) is 5.69 Å². The van der Waals surface area contributed by atoms with Crippen molar-refractivity contribution in [3.05, 3.63) is 24.0 Å². The summed E-state index contributed by atoms with van der Waals surface area (Å²) < 4.78 is 13.1. The van der Waals surface area contributed by atoms with E-state index in [1.165, 1.54) is 12.1 Å². The summed E-state index contributed by atoms with van der Waals surface area (Å²) in [5.74, 6) is -0.100. The summed E-state index contributed by atoms with van der Waals surface area (Å²) in [6, 6.07) is 4.12. The zero-order chi connectivity index (χ0) is 11.9. The summed E-state index contributed by atoms with van der Waals surface area (Å²) in [5, 5.41) is 3.09. The van der Waals surface area contributed by atoms with E-state index in [4.69, 9.17) is 0 Å². The number of nitrogens with zero attached hydrogens (tertiary/aromatic N) is 1. The van der Waals surface area contributed by atoms with E-state index in [1.807, 2.05) is 13.8 Å². The first-order valence-corrected chi connectivity index (χ1v) is 5.34. The van der Waals surface area contributed by atoms with Gasteiger partial charge in [-0.3, -0.25) is 4.79 Å². The van der Waals surface area contributed by atoms with Crippen LogP contribution < -0.4 is 10.2 Å². The molecule has 1 aliphatic rings. The molecule has 1 aromatic rings. The second-order valence-electron chi connectivity index (χ2n) is 4.42. The molecule has 16 heavy (non-hydrogen) atoms. The van der Waals surface area contributed by atoms with Gasteiger partial charge < -0.3 is 10.2 Å². The Hall–Kier alpha value is -1.58. The molecule has 1 aliphatic heterocycles. The lowest BCUT2D eigenvalue weighted by Crippen LogP contribution is -2.47. The van der Waals surface area contributed by atoms with E-state index in [-0.39, 0.29) is 23.7 Å². The molecule has 2 rings (SSSR count). The monoisotopic (exact) mass is 222 g/mol. The minimum atomic E-state index is -0.295. The Morgan fingerprint density at radius 2 is 2.12 bits per heavy atom. The van der Waals surface area contributed by atoms with Crippen molar-refractivity contribution in [2.75, 3.05) is 17.3 Å². The third-order valence-electron chi connectivity index (χ3n) is 2.89. The molecule has 0 saturated carbocycles. The largest absolute Gasteiger partial charge is 0.372 e. The molecule has 1 aromatic carbocycles. The van der Waals surface area contributed by atoms with Crippen LogP contribution >= 0.6 is 0 Å². The predicted octanol–water partition coefficient (Wildman–Crippen LogP) is 2.24. The second kappa shape index (κ2) is 3.77. The highest BCUT2D eigenvalue weighted by Crippen LogP contribution is 2.32. The summed E-state index contributed by atoms with van der Waals surface area (Å²) in [4.78, 5) is 13.6. The van der Waals surface area contributed by atoms with E-state index in [2.05, 4.69) is 5.32 Å². The Morgan fingerprint density at radius 3 is 2.75 bits per heavy atom. The summed E-state index contributed by atoms with van der Waals surface area (Å²) in [7, 11) is 1.72. The predicted molar refractivity (Wildman–Crippen MR) is 62.1 cm³/mol. The maximum absolute atomic E-state index is 13.1. The molecule has 0 bridgehead atoms. The lowest BCUT2D eigenvalue weighted by molar-refractivity contribution is -0.120. The zero-order valence-corrected chi connectivity index (χ0v) is 9.62.